The number of carbonyl (C=O) groups excluding carboxylic acids is 1. The van der Waals surface area contributed by atoms with Crippen LogP contribution in [0.25, 0.3) is 0 Å². The first-order chi connectivity index (χ1) is 13.2. The van der Waals surface area contributed by atoms with Gasteiger partial charge in [-0.05, 0) is 50.1 Å². The molecule has 0 saturated heterocycles. The van der Waals surface area contributed by atoms with Crippen molar-refractivity contribution in [2.75, 3.05) is 35.6 Å². The Kier molecular flexibility index (Phi) is 7.45. The molecule has 0 aliphatic rings. The molecule has 0 bridgehead atoms. The Balaban J connectivity index is 1.94. The van der Waals surface area contributed by atoms with Gasteiger partial charge in [-0.25, -0.2) is 8.42 Å². The Morgan fingerprint density at radius 1 is 1.07 bits per heavy atom. The minimum absolute atomic E-state index is 0.311. The molecular formula is C21H29N3O3S. The van der Waals surface area contributed by atoms with Crippen LogP contribution in [0, 0.1) is 6.92 Å². The summed E-state index contributed by atoms with van der Waals surface area (Å²) in [6.45, 7) is 4.75. The van der Waals surface area contributed by atoms with E-state index in [9.17, 15) is 13.2 Å². The van der Waals surface area contributed by atoms with Crippen LogP contribution in [-0.4, -0.2) is 46.8 Å². The first-order valence-corrected chi connectivity index (χ1v) is 11.1. The van der Waals surface area contributed by atoms with Crippen molar-refractivity contribution >= 4 is 27.3 Å². The van der Waals surface area contributed by atoms with E-state index < -0.39 is 16.1 Å². The summed E-state index contributed by atoms with van der Waals surface area (Å²) in [7, 11) is -1.59. The molecule has 2 aromatic rings. The quantitative estimate of drug-likeness (QED) is 0.654. The maximum Gasteiger partial charge on any atom is 0.243 e. The molecule has 1 N–H and O–H groups in total. The average Bonchev–Trinajstić information content (AvgIpc) is 2.64. The number of hydrogen-bond donors (Lipinski definition) is 1. The van der Waals surface area contributed by atoms with Crippen LogP contribution in [0.2, 0.25) is 0 Å². The minimum Gasteiger partial charge on any atom is -0.375 e. The van der Waals surface area contributed by atoms with Gasteiger partial charge < -0.3 is 10.2 Å². The van der Waals surface area contributed by atoms with Crippen LogP contribution in [0.1, 0.15) is 18.9 Å². The first kappa shape index (κ1) is 21.8. The zero-order valence-corrected chi connectivity index (χ0v) is 17.7. The normalized spacial score (nSPS) is 12.3. The van der Waals surface area contributed by atoms with Crippen LogP contribution in [0.4, 0.5) is 11.4 Å². The zero-order valence-electron chi connectivity index (χ0n) is 16.9. The molecule has 0 radical (unpaired) electrons. The number of anilines is 2. The molecule has 0 spiro atoms. The third-order valence-electron chi connectivity index (χ3n) is 4.51. The number of sulfonamides is 1. The lowest BCUT2D eigenvalue weighted by atomic mass is 10.2. The summed E-state index contributed by atoms with van der Waals surface area (Å²) in [5.41, 5.74) is 2.54. The molecular weight excluding hydrogens is 374 g/mol. The van der Waals surface area contributed by atoms with Crippen LogP contribution < -0.4 is 14.5 Å². The monoisotopic (exact) mass is 403 g/mol. The van der Waals surface area contributed by atoms with Gasteiger partial charge in [0.1, 0.15) is 6.04 Å². The Morgan fingerprint density at radius 3 is 2.32 bits per heavy atom. The van der Waals surface area contributed by atoms with Crippen molar-refractivity contribution in [1.82, 2.24) is 5.32 Å². The number of carbonyl (C=O) groups is 1. The molecule has 0 aliphatic heterocycles. The highest BCUT2D eigenvalue weighted by atomic mass is 32.2. The number of hydrogen-bond acceptors (Lipinski definition) is 4. The molecule has 152 valence electrons. The van der Waals surface area contributed by atoms with E-state index in [1.807, 2.05) is 50.4 Å². The van der Waals surface area contributed by atoms with E-state index >= 15 is 0 Å². The molecule has 0 unspecified atom stereocenters. The molecule has 1 amide bonds. The van der Waals surface area contributed by atoms with Crippen LogP contribution in [0.5, 0.6) is 0 Å². The highest BCUT2D eigenvalue weighted by Crippen LogP contribution is 2.22. The SMILES string of the molecule is Cc1cccc(N([C@H](C)C(=O)NCCCN(C)c2ccccc2)S(C)(=O)=O)c1. The van der Waals surface area contributed by atoms with Crippen molar-refractivity contribution in [3.05, 3.63) is 60.2 Å². The van der Waals surface area contributed by atoms with E-state index in [1.165, 1.54) is 4.31 Å². The van der Waals surface area contributed by atoms with E-state index in [2.05, 4.69) is 10.2 Å². The lowest BCUT2D eigenvalue weighted by Gasteiger charge is -2.28. The smallest absolute Gasteiger partial charge is 0.243 e. The fourth-order valence-electron chi connectivity index (χ4n) is 3.06. The lowest BCUT2D eigenvalue weighted by Crippen LogP contribution is -2.48. The summed E-state index contributed by atoms with van der Waals surface area (Å²) < 4.78 is 25.8. The average molecular weight is 404 g/mol. The summed E-state index contributed by atoms with van der Waals surface area (Å²) in [6, 6.07) is 16.3. The van der Waals surface area contributed by atoms with Crippen molar-refractivity contribution in [3.63, 3.8) is 0 Å². The number of rotatable bonds is 9. The van der Waals surface area contributed by atoms with Crippen molar-refractivity contribution in [1.29, 1.82) is 0 Å². The van der Waals surface area contributed by atoms with E-state index in [0.29, 0.717) is 12.2 Å². The Morgan fingerprint density at radius 2 is 1.71 bits per heavy atom. The summed E-state index contributed by atoms with van der Waals surface area (Å²) in [6.07, 6.45) is 1.88. The van der Waals surface area contributed by atoms with Gasteiger partial charge >= 0.3 is 0 Å². The lowest BCUT2D eigenvalue weighted by molar-refractivity contribution is -0.121. The van der Waals surface area contributed by atoms with Gasteiger partial charge in [0.15, 0.2) is 0 Å². The van der Waals surface area contributed by atoms with Crippen molar-refractivity contribution in [2.45, 2.75) is 26.3 Å². The number of nitrogens with zero attached hydrogens (tertiary/aromatic N) is 2. The van der Waals surface area contributed by atoms with Crippen molar-refractivity contribution < 1.29 is 13.2 Å². The Labute approximate surface area is 168 Å². The van der Waals surface area contributed by atoms with Crippen molar-refractivity contribution in [3.8, 4) is 0 Å². The maximum absolute atomic E-state index is 12.6. The van der Waals surface area contributed by atoms with Gasteiger partial charge in [0.2, 0.25) is 15.9 Å². The molecule has 6 nitrogen and oxygen atoms in total. The van der Waals surface area contributed by atoms with E-state index in [4.69, 9.17) is 0 Å². The molecule has 0 aliphatic carbocycles. The molecule has 7 heteroatoms. The second kappa shape index (κ2) is 9.59. The van der Waals surface area contributed by atoms with E-state index in [-0.39, 0.29) is 5.91 Å². The fraction of sp³-hybridized carbons (Fsp3) is 0.381. The summed E-state index contributed by atoms with van der Waals surface area (Å²) >= 11 is 0. The van der Waals surface area contributed by atoms with Gasteiger partial charge in [0, 0.05) is 25.8 Å². The van der Waals surface area contributed by atoms with Crippen LogP contribution >= 0.6 is 0 Å². The second-order valence-electron chi connectivity index (χ2n) is 6.98. The first-order valence-electron chi connectivity index (χ1n) is 9.30. The maximum atomic E-state index is 12.6. The zero-order chi connectivity index (χ0) is 20.7. The highest BCUT2D eigenvalue weighted by Gasteiger charge is 2.28. The van der Waals surface area contributed by atoms with E-state index in [1.54, 1.807) is 25.1 Å². The van der Waals surface area contributed by atoms with Gasteiger partial charge in [0.05, 0.1) is 11.9 Å². The summed E-state index contributed by atoms with van der Waals surface area (Å²) in [5.74, 6) is -0.311. The number of amides is 1. The molecule has 0 fully saturated rings. The Hall–Kier alpha value is -2.54. The predicted octanol–water partition coefficient (Wildman–Crippen LogP) is 2.79. The standard InChI is InChI=1S/C21H29N3O3S/c1-17-10-8-13-20(16-17)24(28(4,26)27)18(2)21(25)22-14-9-15-23(3)19-11-6-5-7-12-19/h5-8,10-13,16,18H,9,14-15H2,1-4H3,(H,22,25)/t18-/m1/s1. The summed E-state index contributed by atoms with van der Waals surface area (Å²) in [5, 5.41) is 2.85. The third kappa shape index (κ3) is 5.99. The number of para-hydroxylation sites is 1. The number of benzene rings is 2. The van der Waals surface area contributed by atoms with Crippen molar-refractivity contribution in [2.24, 2.45) is 0 Å². The van der Waals surface area contributed by atoms with Gasteiger partial charge in [0.25, 0.3) is 0 Å². The second-order valence-corrected chi connectivity index (χ2v) is 8.83. The molecule has 1 atom stereocenters. The van der Waals surface area contributed by atoms with Gasteiger partial charge in [-0.1, -0.05) is 30.3 Å². The Bertz CT molecular complexity index is 885. The topological polar surface area (TPSA) is 69.7 Å². The molecule has 2 aromatic carbocycles. The third-order valence-corrected chi connectivity index (χ3v) is 5.75. The predicted molar refractivity (Wildman–Crippen MR) is 115 cm³/mol. The van der Waals surface area contributed by atoms with Gasteiger partial charge in [-0.3, -0.25) is 9.10 Å². The summed E-state index contributed by atoms with van der Waals surface area (Å²) in [4.78, 5) is 14.7. The largest absolute Gasteiger partial charge is 0.375 e. The van der Waals surface area contributed by atoms with Crippen LogP contribution in [0.15, 0.2) is 54.6 Å². The van der Waals surface area contributed by atoms with Gasteiger partial charge in [-0.2, -0.15) is 0 Å². The number of aryl methyl sites for hydroxylation is 1. The number of nitrogens with one attached hydrogen (secondary N) is 1. The minimum atomic E-state index is -3.59. The molecule has 0 heterocycles. The molecule has 0 saturated carbocycles. The van der Waals surface area contributed by atoms with E-state index in [0.717, 1.165) is 30.5 Å². The highest BCUT2D eigenvalue weighted by molar-refractivity contribution is 7.92. The fourth-order valence-corrected chi connectivity index (χ4v) is 4.23. The molecule has 28 heavy (non-hydrogen) atoms. The van der Waals surface area contributed by atoms with Crippen LogP contribution in [-0.2, 0) is 14.8 Å². The van der Waals surface area contributed by atoms with Crippen LogP contribution in [0.3, 0.4) is 0 Å². The molecule has 0 aromatic heterocycles. The van der Waals surface area contributed by atoms with Gasteiger partial charge in [-0.15, -0.1) is 0 Å². The molecule has 2 rings (SSSR count).